The second-order valence-corrected chi connectivity index (χ2v) is 4.53. The van der Waals surface area contributed by atoms with Crippen LogP contribution in [-0.2, 0) is 11.3 Å². The summed E-state index contributed by atoms with van der Waals surface area (Å²) >= 11 is 5.17. The molecule has 0 saturated heterocycles. The summed E-state index contributed by atoms with van der Waals surface area (Å²) < 4.78 is 12.5. The van der Waals surface area contributed by atoms with Crippen LogP contribution in [-0.4, -0.2) is 40.5 Å². The minimum Gasteiger partial charge on any atom is -0.496 e. The number of non-ortho nitro benzene ring substituents is 1. The first-order valence-corrected chi connectivity index (χ1v) is 6.46. The van der Waals surface area contributed by atoms with Crippen LogP contribution in [0.4, 0.5) is 5.69 Å². The highest BCUT2D eigenvalue weighted by molar-refractivity contribution is 7.71. The zero-order valence-electron chi connectivity index (χ0n) is 11.5. The number of nitrogens with one attached hydrogen (secondary N) is 1. The van der Waals surface area contributed by atoms with Gasteiger partial charge in [0.1, 0.15) is 5.75 Å². The van der Waals surface area contributed by atoms with E-state index < -0.39 is 4.92 Å². The van der Waals surface area contributed by atoms with Crippen molar-refractivity contribution in [1.29, 1.82) is 0 Å². The molecule has 0 amide bonds. The molecule has 2 rings (SSSR count). The summed E-state index contributed by atoms with van der Waals surface area (Å²) in [5.41, 5.74) is 0.569. The van der Waals surface area contributed by atoms with Crippen molar-refractivity contribution in [2.45, 2.75) is 6.54 Å². The quantitative estimate of drug-likeness (QED) is 0.499. The van der Waals surface area contributed by atoms with Gasteiger partial charge in [0, 0.05) is 13.2 Å². The summed E-state index contributed by atoms with van der Waals surface area (Å²) in [6, 6.07) is 4.34. The number of nitrogens with zero attached hydrogens (tertiary/aromatic N) is 3. The number of nitro groups is 1. The Morgan fingerprint density at radius 1 is 1.48 bits per heavy atom. The van der Waals surface area contributed by atoms with E-state index >= 15 is 0 Å². The van der Waals surface area contributed by atoms with Gasteiger partial charge in [-0.3, -0.25) is 19.8 Å². The number of aromatic nitrogens is 3. The highest BCUT2D eigenvalue weighted by Gasteiger charge is 2.17. The monoisotopic (exact) mass is 310 g/mol. The van der Waals surface area contributed by atoms with Gasteiger partial charge in [0.25, 0.3) is 5.69 Å². The molecule has 8 nitrogen and oxygen atoms in total. The molecule has 0 atom stereocenters. The van der Waals surface area contributed by atoms with Crippen molar-refractivity contribution >= 4 is 17.9 Å². The van der Waals surface area contributed by atoms with E-state index in [2.05, 4.69) is 10.2 Å². The van der Waals surface area contributed by atoms with E-state index in [9.17, 15) is 10.1 Å². The molecule has 0 bridgehead atoms. The van der Waals surface area contributed by atoms with Gasteiger partial charge in [-0.25, -0.2) is 0 Å². The van der Waals surface area contributed by atoms with Crippen LogP contribution < -0.4 is 4.74 Å². The number of hydrogen-bond acceptors (Lipinski definition) is 6. The number of hydrogen-bond donors (Lipinski definition) is 1. The molecule has 0 saturated carbocycles. The average molecular weight is 310 g/mol. The lowest BCUT2D eigenvalue weighted by atomic mass is 10.1. The van der Waals surface area contributed by atoms with Crippen LogP contribution >= 0.6 is 12.2 Å². The van der Waals surface area contributed by atoms with Gasteiger partial charge >= 0.3 is 0 Å². The number of ether oxygens (including phenoxy) is 2. The lowest BCUT2D eigenvalue weighted by Crippen LogP contribution is -2.06. The van der Waals surface area contributed by atoms with E-state index in [0.717, 1.165) is 0 Å². The Labute approximate surface area is 125 Å². The normalized spacial score (nSPS) is 10.6. The summed E-state index contributed by atoms with van der Waals surface area (Å²) in [6.07, 6.45) is 0. The third-order valence-electron chi connectivity index (χ3n) is 2.91. The molecule has 1 aromatic heterocycles. The van der Waals surface area contributed by atoms with Crippen molar-refractivity contribution in [3.63, 3.8) is 0 Å². The predicted octanol–water partition coefficient (Wildman–Crippen LogP) is 2.17. The molecule has 2 aromatic rings. The number of benzene rings is 1. The molecule has 1 heterocycles. The Morgan fingerprint density at radius 3 is 2.86 bits per heavy atom. The first kappa shape index (κ1) is 15.1. The van der Waals surface area contributed by atoms with Gasteiger partial charge in [0.15, 0.2) is 10.6 Å². The van der Waals surface area contributed by atoms with Crippen molar-refractivity contribution in [3.05, 3.63) is 33.1 Å². The lowest BCUT2D eigenvalue weighted by Gasteiger charge is -2.09. The number of nitro benzene ring substituents is 1. The van der Waals surface area contributed by atoms with E-state index in [4.69, 9.17) is 21.7 Å². The fourth-order valence-corrected chi connectivity index (χ4v) is 2.11. The summed E-state index contributed by atoms with van der Waals surface area (Å²) in [5.74, 6) is 0.903. The molecule has 112 valence electrons. The van der Waals surface area contributed by atoms with E-state index in [0.29, 0.717) is 35.1 Å². The van der Waals surface area contributed by atoms with E-state index in [-0.39, 0.29) is 5.69 Å². The summed E-state index contributed by atoms with van der Waals surface area (Å²) in [6.45, 7) is 0.984. The topological polar surface area (TPSA) is 95.2 Å². The van der Waals surface area contributed by atoms with Gasteiger partial charge in [0.05, 0.1) is 36.8 Å². The van der Waals surface area contributed by atoms with Gasteiger partial charge in [-0.05, 0) is 18.3 Å². The number of aromatic amines is 1. The fraction of sp³-hybridized carbons (Fsp3) is 0.333. The van der Waals surface area contributed by atoms with Crippen molar-refractivity contribution in [3.8, 4) is 17.1 Å². The van der Waals surface area contributed by atoms with E-state index in [1.807, 2.05) is 0 Å². The molecule has 0 aliphatic heterocycles. The van der Waals surface area contributed by atoms with E-state index in [1.165, 1.54) is 19.2 Å². The first-order valence-electron chi connectivity index (χ1n) is 6.05. The van der Waals surface area contributed by atoms with Crippen LogP contribution in [0.5, 0.6) is 5.75 Å². The van der Waals surface area contributed by atoms with Crippen LogP contribution in [0.2, 0.25) is 0 Å². The highest BCUT2D eigenvalue weighted by atomic mass is 32.1. The Kier molecular flexibility index (Phi) is 4.66. The maximum absolute atomic E-state index is 10.8. The minimum absolute atomic E-state index is 0.0480. The molecule has 9 heteroatoms. The number of rotatable bonds is 6. The molecule has 0 aliphatic rings. The molecule has 1 aromatic carbocycles. The Bertz CT molecular complexity index is 710. The molecular weight excluding hydrogens is 296 g/mol. The summed E-state index contributed by atoms with van der Waals surface area (Å²) in [7, 11) is 3.04. The molecule has 0 fully saturated rings. The maximum Gasteiger partial charge on any atom is 0.273 e. The Balaban J connectivity index is 2.51. The summed E-state index contributed by atoms with van der Waals surface area (Å²) in [4.78, 5) is 10.3. The van der Waals surface area contributed by atoms with Crippen LogP contribution in [0.15, 0.2) is 18.2 Å². The second kappa shape index (κ2) is 6.46. The van der Waals surface area contributed by atoms with Crippen molar-refractivity contribution < 1.29 is 14.4 Å². The summed E-state index contributed by atoms with van der Waals surface area (Å²) in [5, 5.41) is 17.7. The maximum atomic E-state index is 10.8. The van der Waals surface area contributed by atoms with Gasteiger partial charge in [-0.15, -0.1) is 0 Å². The average Bonchev–Trinajstić information content (AvgIpc) is 2.85. The zero-order valence-corrected chi connectivity index (χ0v) is 12.3. The molecule has 0 spiro atoms. The van der Waals surface area contributed by atoms with Crippen LogP contribution in [0.1, 0.15) is 0 Å². The van der Waals surface area contributed by atoms with Crippen LogP contribution in [0.25, 0.3) is 11.4 Å². The SMILES string of the molecule is COCCn1c(-c2ccc([N+](=O)[O-])cc2OC)n[nH]c1=S. The van der Waals surface area contributed by atoms with Crippen molar-refractivity contribution in [2.75, 3.05) is 20.8 Å². The van der Waals surface area contributed by atoms with Crippen molar-refractivity contribution in [1.82, 2.24) is 14.8 Å². The first-order chi connectivity index (χ1) is 10.1. The predicted molar refractivity (Wildman–Crippen MR) is 77.9 cm³/mol. The van der Waals surface area contributed by atoms with Crippen LogP contribution in [0, 0.1) is 14.9 Å². The molecule has 1 N–H and O–H groups in total. The molecule has 0 aliphatic carbocycles. The van der Waals surface area contributed by atoms with Gasteiger partial charge < -0.3 is 9.47 Å². The third kappa shape index (κ3) is 3.09. The fourth-order valence-electron chi connectivity index (χ4n) is 1.89. The van der Waals surface area contributed by atoms with E-state index in [1.54, 1.807) is 17.7 Å². The molecular formula is C12H14N4O4S. The van der Waals surface area contributed by atoms with Crippen LogP contribution in [0.3, 0.4) is 0 Å². The Morgan fingerprint density at radius 2 is 2.24 bits per heavy atom. The molecule has 0 unspecified atom stereocenters. The highest BCUT2D eigenvalue weighted by Crippen LogP contribution is 2.32. The lowest BCUT2D eigenvalue weighted by molar-refractivity contribution is -0.384. The largest absolute Gasteiger partial charge is 0.496 e. The minimum atomic E-state index is -0.478. The molecule has 21 heavy (non-hydrogen) atoms. The zero-order chi connectivity index (χ0) is 15.4. The molecule has 0 radical (unpaired) electrons. The van der Waals surface area contributed by atoms with Crippen molar-refractivity contribution in [2.24, 2.45) is 0 Å². The standard InChI is InChI=1S/C12H14N4O4S/c1-19-6-5-15-11(13-14-12(15)21)9-4-3-8(16(17)18)7-10(9)20-2/h3-4,7H,5-6H2,1-2H3,(H,14,21). The van der Waals surface area contributed by atoms with Gasteiger partial charge in [-0.1, -0.05) is 0 Å². The Hall–Kier alpha value is -2.26. The second-order valence-electron chi connectivity index (χ2n) is 4.14. The number of H-pyrrole nitrogens is 1. The van der Waals surface area contributed by atoms with Gasteiger partial charge in [-0.2, -0.15) is 5.10 Å². The smallest absolute Gasteiger partial charge is 0.273 e. The van der Waals surface area contributed by atoms with Gasteiger partial charge in [0.2, 0.25) is 0 Å². The third-order valence-corrected chi connectivity index (χ3v) is 3.23. The number of methoxy groups -OCH3 is 2.